The average Bonchev–Trinajstić information content (AvgIpc) is 3.00. The predicted molar refractivity (Wildman–Crippen MR) is 168 cm³/mol. The van der Waals surface area contributed by atoms with Gasteiger partial charge in [-0.1, -0.05) is 44.2 Å². The summed E-state index contributed by atoms with van der Waals surface area (Å²) < 4.78 is 5.57. The van der Waals surface area contributed by atoms with Crippen LogP contribution in [0, 0.1) is 6.92 Å². The Balaban J connectivity index is 1.50. The van der Waals surface area contributed by atoms with E-state index in [0.29, 0.717) is 17.8 Å². The monoisotopic (exact) mass is 558 g/mol. The van der Waals surface area contributed by atoms with Crippen molar-refractivity contribution in [1.29, 1.82) is 0 Å². The normalized spacial score (nSPS) is 13.2. The summed E-state index contributed by atoms with van der Waals surface area (Å²) in [5.74, 6) is 0.705. The fraction of sp³-hybridized carbons (Fsp3) is 0.375. The quantitative estimate of drug-likeness (QED) is 0.305. The van der Waals surface area contributed by atoms with Gasteiger partial charge in [0, 0.05) is 56.3 Å². The predicted octanol–water partition coefficient (Wildman–Crippen LogP) is 5.05. The van der Waals surface area contributed by atoms with Crippen molar-refractivity contribution in [3.63, 3.8) is 0 Å². The van der Waals surface area contributed by atoms with E-state index in [4.69, 9.17) is 4.74 Å². The van der Waals surface area contributed by atoms with Gasteiger partial charge in [0.15, 0.2) is 0 Å². The van der Waals surface area contributed by atoms with E-state index in [1.165, 1.54) is 0 Å². The summed E-state index contributed by atoms with van der Waals surface area (Å²) in [6.07, 6.45) is 0. The Kier molecular flexibility index (Phi) is 10.5. The van der Waals surface area contributed by atoms with Gasteiger partial charge in [0.25, 0.3) is 5.91 Å². The van der Waals surface area contributed by atoms with Gasteiger partial charge >= 0.3 is 6.03 Å². The molecule has 1 saturated heterocycles. The first kappa shape index (κ1) is 29.7. The molecule has 3 aromatic rings. The van der Waals surface area contributed by atoms with Gasteiger partial charge in [-0.25, -0.2) is 4.79 Å². The minimum Gasteiger partial charge on any atom is -0.495 e. The number of rotatable bonds is 11. The van der Waals surface area contributed by atoms with Crippen LogP contribution in [0.15, 0.2) is 66.7 Å². The van der Waals surface area contributed by atoms with Crippen LogP contribution in [0.1, 0.15) is 29.8 Å². The minimum absolute atomic E-state index is 0.151. The zero-order valence-corrected chi connectivity index (χ0v) is 24.6. The lowest BCUT2D eigenvalue weighted by Crippen LogP contribution is -2.47. The van der Waals surface area contributed by atoms with Crippen molar-refractivity contribution in [2.45, 2.75) is 20.8 Å². The summed E-state index contributed by atoms with van der Waals surface area (Å²) in [7, 11) is 1.69. The van der Waals surface area contributed by atoms with E-state index in [0.717, 1.165) is 74.2 Å². The standard InChI is InChI=1S/C32H42N6O3/c1-5-36(6-2)18-17-33-31(39)26-23-25(34-32(40)35-27-12-8-7-11-24(27)3)15-16-28(26)37-19-21-38(22-20-37)29-13-9-10-14-30(29)41-4/h7-16,23H,5-6,17-22H2,1-4H3,(H,33,39)(H2,34,35,40). The molecule has 1 heterocycles. The van der Waals surface area contributed by atoms with Crippen LogP contribution >= 0.6 is 0 Å². The van der Waals surface area contributed by atoms with Gasteiger partial charge in [0.1, 0.15) is 5.75 Å². The SMILES string of the molecule is CCN(CC)CCNC(=O)c1cc(NC(=O)Nc2ccccc2C)ccc1N1CCN(c2ccccc2OC)CC1. The fourth-order valence-corrected chi connectivity index (χ4v) is 5.11. The van der Waals surface area contributed by atoms with Crippen LogP contribution in [0.3, 0.4) is 0 Å². The molecule has 0 spiro atoms. The zero-order chi connectivity index (χ0) is 29.2. The molecule has 1 fully saturated rings. The van der Waals surface area contributed by atoms with E-state index in [9.17, 15) is 9.59 Å². The highest BCUT2D eigenvalue weighted by Gasteiger charge is 2.24. The number of nitrogens with one attached hydrogen (secondary N) is 3. The number of benzene rings is 3. The molecule has 218 valence electrons. The van der Waals surface area contributed by atoms with Gasteiger partial charge in [0.2, 0.25) is 0 Å². The number of aryl methyl sites for hydroxylation is 1. The van der Waals surface area contributed by atoms with Crippen LogP contribution < -0.4 is 30.5 Å². The smallest absolute Gasteiger partial charge is 0.323 e. The Morgan fingerprint density at radius 3 is 2.20 bits per heavy atom. The van der Waals surface area contributed by atoms with Crippen molar-refractivity contribution in [2.24, 2.45) is 0 Å². The number of piperazine rings is 1. The first-order valence-corrected chi connectivity index (χ1v) is 14.3. The topological polar surface area (TPSA) is 89.2 Å². The molecule has 9 heteroatoms. The molecule has 9 nitrogen and oxygen atoms in total. The van der Waals surface area contributed by atoms with Crippen molar-refractivity contribution >= 4 is 34.7 Å². The molecule has 0 atom stereocenters. The summed E-state index contributed by atoms with van der Waals surface area (Å²) in [6.45, 7) is 12.5. The minimum atomic E-state index is -0.356. The van der Waals surface area contributed by atoms with Crippen LogP contribution in [0.2, 0.25) is 0 Å². The molecule has 0 radical (unpaired) electrons. The van der Waals surface area contributed by atoms with Gasteiger partial charge in [-0.2, -0.15) is 0 Å². The first-order chi connectivity index (χ1) is 19.9. The number of likely N-dealkylation sites (N-methyl/N-ethyl adjacent to an activating group) is 1. The second kappa shape index (κ2) is 14.4. The molecule has 0 bridgehead atoms. The van der Waals surface area contributed by atoms with E-state index < -0.39 is 0 Å². The van der Waals surface area contributed by atoms with Crippen LogP contribution in [-0.4, -0.2) is 76.3 Å². The number of methoxy groups -OCH3 is 1. The van der Waals surface area contributed by atoms with Crippen molar-refractivity contribution in [1.82, 2.24) is 10.2 Å². The number of hydrogen-bond donors (Lipinski definition) is 3. The molecular formula is C32H42N6O3. The van der Waals surface area contributed by atoms with E-state index >= 15 is 0 Å². The lowest BCUT2D eigenvalue weighted by atomic mass is 10.1. The molecular weight excluding hydrogens is 516 g/mol. The molecule has 1 aliphatic rings. The Morgan fingerprint density at radius 1 is 0.854 bits per heavy atom. The summed E-state index contributed by atoms with van der Waals surface area (Å²) in [4.78, 5) is 33.1. The number of ether oxygens (including phenoxy) is 1. The number of carbonyl (C=O) groups excluding carboxylic acids is 2. The third kappa shape index (κ3) is 7.70. The second-order valence-electron chi connectivity index (χ2n) is 10.1. The van der Waals surface area contributed by atoms with E-state index in [-0.39, 0.29) is 11.9 Å². The van der Waals surface area contributed by atoms with Crippen molar-refractivity contribution in [3.8, 4) is 5.75 Å². The molecule has 3 amide bonds. The number of anilines is 4. The van der Waals surface area contributed by atoms with E-state index in [1.807, 2.05) is 61.5 Å². The Bertz CT molecular complexity index is 1320. The van der Waals surface area contributed by atoms with Gasteiger partial charge < -0.3 is 35.4 Å². The number of hydrogen-bond acceptors (Lipinski definition) is 6. The summed E-state index contributed by atoms with van der Waals surface area (Å²) in [5, 5.41) is 8.88. The first-order valence-electron chi connectivity index (χ1n) is 14.3. The maximum atomic E-state index is 13.5. The maximum absolute atomic E-state index is 13.5. The van der Waals surface area contributed by atoms with Crippen molar-refractivity contribution in [3.05, 3.63) is 77.9 Å². The molecule has 3 N–H and O–H groups in total. The number of amides is 3. The summed E-state index contributed by atoms with van der Waals surface area (Å²) in [5.41, 5.74) is 4.74. The van der Waals surface area contributed by atoms with Gasteiger partial charge in [-0.05, 0) is 62.0 Å². The molecule has 0 aromatic heterocycles. The highest BCUT2D eigenvalue weighted by molar-refractivity contribution is 6.04. The highest BCUT2D eigenvalue weighted by Crippen LogP contribution is 2.31. The number of carbonyl (C=O) groups is 2. The van der Waals surface area contributed by atoms with E-state index in [2.05, 4.69) is 50.6 Å². The third-order valence-corrected chi connectivity index (χ3v) is 7.55. The Morgan fingerprint density at radius 2 is 1.51 bits per heavy atom. The number of nitrogens with zero attached hydrogens (tertiary/aromatic N) is 3. The van der Waals surface area contributed by atoms with Crippen LogP contribution in [0.25, 0.3) is 0 Å². The number of para-hydroxylation sites is 3. The molecule has 4 rings (SSSR count). The molecule has 0 saturated carbocycles. The third-order valence-electron chi connectivity index (χ3n) is 7.55. The zero-order valence-electron chi connectivity index (χ0n) is 24.6. The lowest BCUT2D eigenvalue weighted by Gasteiger charge is -2.38. The fourth-order valence-electron chi connectivity index (χ4n) is 5.11. The average molecular weight is 559 g/mol. The second-order valence-corrected chi connectivity index (χ2v) is 10.1. The van der Waals surface area contributed by atoms with Gasteiger partial charge in [-0.15, -0.1) is 0 Å². The Hall–Kier alpha value is -4.24. The molecule has 0 unspecified atom stereocenters. The van der Waals surface area contributed by atoms with Crippen LogP contribution in [0.4, 0.5) is 27.5 Å². The van der Waals surface area contributed by atoms with Crippen molar-refractivity contribution in [2.75, 3.05) is 79.9 Å². The Labute approximate surface area is 243 Å². The molecule has 3 aromatic carbocycles. The van der Waals surface area contributed by atoms with Crippen molar-refractivity contribution < 1.29 is 14.3 Å². The van der Waals surface area contributed by atoms with Crippen LogP contribution in [-0.2, 0) is 0 Å². The summed E-state index contributed by atoms with van der Waals surface area (Å²) in [6, 6.07) is 20.9. The lowest BCUT2D eigenvalue weighted by molar-refractivity contribution is 0.0949. The molecule has 1 aliphatic heterocycles. The summed E-state index contributed by atoms with van der Waals surface area (Å²) >= 11 is 0. The van der Waals surface area contributed by atoms with Crippen LogP contribution in [0.5, 0.6) is 5.75 Å². The van der Waals surface area contributed by atoms with Gasteiger partial charge in [-0.3, -0.25) is 4.79 Å². The maximum Gasteiger partial charge on any atom is 0.323 e. The molecule has 0 aliphatic carbocycles. The van der Waals surface area contributed by atoms with E-state index in [1.54, 1.807) is 13.2 Å². The highest BCUT2D eigenvalue weighted by atomic mass is 16.5. The largest absolute Gasteiger partial charge is 0.495 e. The molecule has 41 heavy (non-hydrogen) atoms. The van der Waals surface area contributed by atoms with Gasteiger partial charge in [0.05, 0.1) is 18.4 Å². The number of urea groups is 1.